The van der Waals surface area contributed by atoms with E-state index in [4.69, 9.17) is 9.47 Å². The Morgan fingerprint density at radius 2 is 2.17 bits per heavy atom. The fourth-order valence-corrected chi connectivity index (χ4v) is 1.90. The fraction of sp³-hybridized carbons (Fsp3) is 0.412. The molecule has 1 heterocycles. The Morgan fingerprint density at radius 3 is 2.74 bits per heavy atom. The molecule has 6 heteroatoms. The van der Waals surface area contributed by atoms with Crippen LogP contribution in [0.4, 0.5) is 14.9 Å². The summed E-state index contributed by atoms with van der Waals surface area (Å²) in [6, 6.07) is 8.08. The van der Waals surface area contributed by atoms with Crippen LogP contribution in [0.1, 0.15) is 33.6 Å². The van der Waals surface area contributed by atoms with Crippen LogP contribution < -0.4 is 4.90 Å². The molecule has 5 nitrogen and oxygen atoms in total. The molecule has 0 aliphatic carbocycles. The third kappa shape index (κ3) is 4.99. The molecule has 122 valence electrons. The van der Waals surface area contributed by atoms with Crippen molar-refractivity contribution in [1.29, 1.82) is 0 Å². The number of anilines is 1. The Morgan fingerprint density at radius 1 is 1.43 bits per heavy atom. The summed E-state index contributed by atoms with van der Waals surface area (Å²) in [5.74, 6) is 1.89. The van der Waals surface area contributed by atoms with Crippen molar-refractivity contribution in [1.82, 2.24) is 0 Å². The third-order valence-corrected chi connectivity index (χ3v) is 2.86. The van der Waals surface area contributed by atoms with Gasteiger partial charge in [0.1, 0.15) is 11.4 Å². The van der Waals surface area contributed by atoms with E-state index in [0.29, 0.717) is 12.8 Å². The highest BCUT2D eigenvalue weighted by atomic mass is 19.1. The normalized spacial score (nSPS) is 17.0. The Bertz CT molecular complexity index is 669. The quantitative estimate of drug-likeness (QED) is 0.453. The molecule has 0 unspecified atom stereocenters. The predicted molar refractivity (Wildman–Crippen MR) is 82.0 cm³/mol. The number of carbonyl (C=O) groups excluding carboxylic acids is 2. The Labute approximate surface area is 134 Å². The summed E-state index contributed by atoms with van der Waals surface area (Å²) >= 11 is 0. The average Bonchev–Trinajstić information content (AvgIpc) is 2.83. The van der Waals surface area contributed by atoms with Crippen LogP contribution in [-0.4, -0.2) is 23.8 Å². The lowest BCUT2D eigenvalue weighted by atomic mass is 10.2. The SMILES string of the molecule is CC(C)(C)OC(=O)N(C#C[C@@H]1CCC(=O)O1)c1cccc(F)c1. The van der Waals surface area contributed by atoms with Crippen molar-refractivity contribution in [3.63, 3.8) is 0 Å². The van der Waals surface area contributed by atoms with E-state index in [2.05, 4.69) is 12.0 Å². The smallest absolute Gasteiger partial charge is 0.426 e. The van der Waals surface area contributed by atoms with Crippen molar-refractivity contribution in [3.8, 4) is 12.0 Å². The summed E-state index contributed by atoms with van der Waals surface area (Å²) in [6.07, 6.45) is -0.524. The van der Waals surface area contributed by atoms with Crippen LogP contribution >= 0.6 is 0 Å². The molecule has 1 aliphatic rings. The number of ether oxygens (including phenoxy) is 2. The van der Waals surface area contributed by atoms with E-state index in [9.17, 15) is 14.0 Å². The molecule has 1 atom stereocenters. The van der Waals surface area contributed by atoms with E-state index in [1.54, 1.807) is 26.8 Å². The topological polar surface area (TPSA) is 55.8 Å². The third-order valence-electron chi connectivity index (χ3n) is 2.86. The van der Waals surface area contributed by atoms with Crippen molar-refractivity contribution in [2.45, 2.75) is 45.3 Å². The fourth-order valence-electron chi connectivity index (χ4n) is 1.90. The van der Waals surface area contributed by atoms with Crippen LogP contribution in [0.15, 0.2) is 24.3 Å². The van der Waals surface area contributed by atoms with Gasteiger partial charge in [0, 0.05) is 12.5 Å². The lowest BCUT2D eigenvalue weighted by molar-refractivity contribution is -0.139. The molecule has 2 rings (SSSR count). The number of cyclic esters (lactones) is 1. The van der Waals surface area contributed by atoms with Gasteiger partial charge >= 0.3 is 12.1 Å². The van der Waals surface area contributed by atoms with Crippen LogP contribution in [0.5, 0.6) is 0 Å². The lowest BCUT2D eigenvalue weighted by Gasteiger charge is -2.23. The summed E-state index contributed by atoms with van der Waals surface area (Å²) in [6.45, 7) is 5.17. The van der Waals surface area contributed by atoms with Crippen LogP contribution in [0.3, 0.4) is 0 Å². The monoisotopic (exact) mass is 319 g/mol. The first-order chi connectivity index (χ1) is 10.7. The Hall–Kier alpha value is -2.55. The van der Waals surface area contributed by atoms with E-state index in [-0.39, 0.29) is 11.7 Å². The van der Waals surface area contributed by atoms with Gasteiger partial charge in [-0.05, 0) is 44.9 Å². The maximum absolute atomic E-state index is 13.4. The summed E-state index contributed by atoms with van der Waals surface area (Å²) < 4.78 is 23.7. The number of carbonyl (C=O) groups is 2. The summed E-state index contributed by atoms with van der Waals surface area (Å²) in [5, 5.41) is 0. The van der Waals surface area contributed by atoms with E-state index in [1.807, 2.05) is 0 Å². The second-order valence-electron chi connectivity index (χ2n) is 6.07. The first-order valence-corrected chi connectivity index (χ1v) is 7.24. The average molecular weight is 319 g/mol. The van der Waals surface area contributed by atoms with Gasteiger partial charge in [-0.1, -0.05) is 6.07 Å². The molecule has 0 spiro atoms. The van der Waals surface area contributed by atoms with Crippen LogP contribution in [0.2, 0.25) is 0 Å². The van der Waals surface area contributed by atoms with E-state index in [0.717, 1.165) is 4.90 Å². The lowest BCUT2D eigenvalue weighted by Crippen LogP contribution is -2.34. The summed E-state index contributed by atoms with van der Waals surface area (Å²) in [7, 11) is 0. The zero-order chi connectivity index (χ0) is 17.0. The van der Waals surface area contributed by atoms with Gasteiger partial charge in [0.05, 0.1) is 12.1 Å². The van der Waals surface area contributed by atoms with Gasteiger partial charge in [0.2, 0.25) is 0 Å². The number of amides is 1. The molecule has 1 amide bonds. The molecule has 1 aromatic rings. The first-order valence-electron chi connectivity index (χ1n) is 7.24. The van der Waals surface area contributed by atoms with Crippen molar-refractivity contribution in [2.75, 3.05) is 4.90 Å². The molecule has 0 N–H and O–H groups in total. The molecule has 23 heavy (non-hydrogen) atoms. The minimum Gasteiger partial charge on any atom is -0.449 e. The maximum Gasteiger partial charge on any atom is 0.426 e. The van der Waals surface area contributed by atoms with Crippen molar-refractivity contribution >= 4 is 17.7 Å². The number of esters is 1. The Kier molecular flexibility index (Phi) is 4.89. The van der Waals surface area contributed by atoms with Crippen molar-refractivity contribution < 1.29 is 23.5 Å². The predicted octanol–water partition coefficient (Wildman–Crippen LogP) is 3.23. The van der Waals surface area contributed by atoms with Gasteiger partial charge in [0.25, 0.3) is 0 Å². The number of rotatable bonds is 1. The van der Waals surface area contributed by atoms with Gasteiger partial charge in [-0.15, -0.1) is 0 Å². The molecular formula is C17H18FNO4. The number of halogens is 1. The van der Waals surface area contributed by atoms with Gasteiger partial charge in [-0.3, -0.25) is 4.79 Å². The molecule has 1 saturated heterocycles. The van der Waals surface area contributed by atoms with Gasteiger partial charge in [-0.2, -0.15) is 0 Å². The van der Waals surface area contributed by atoms with E-state index >= 15 is 0 Å². The molecule has 0 saturated carbocycles. The van der Waals surface area contributed by atoms with Crippen molar-refractivity contribution in [2.24, 2.45) is 0 Å². The first kappa shape index (κ1) is 16.8. The molecule has 1 aliphatic heterocycles. The second kappa shape index (κ2) is 6.69. The maximum atomic E-state index is 13.4. The number of hydrogen-bond donors (Lipinski definition) is 0. The van der Waals surface area contributed by atoms with Crippen LogP contribution in [0, 0.1) is 17.8 Å². The highest BCUT2D eigenvalue weighted by Crippen LogP contribution is 2.19. The second-order valence-corrected chi connectivity index (χ2v) is 6.07. The standard InChI is InChI=1S/C17H18FNO4/c1-17(2,3)23-16(21)19(13-6-4-5-12(18)11-13)10-9-14-7-8-15(20)22-14/h4-6,11,14H,7-8H2,1-3H3/t14-/m0/s1. The van der Waals surface area contributed by atoms with Crippen LogP contribution in [-0.2, 0) is 14.3 Å². The zero-order valence-electron chi connectivity index (χ0n) is 13.3. The minimum absolute atomic E-state index is 0.246. The molecule has 0 radical (unpaired) electrons. The van der Waals surface area contributed by atoms with E-state index in [1.165, 1.54) is 18.2 Å². The summed E-state index contributed by atoms with van der Waals surface area (Å²) in [5.41, 5.74) is -0.472. The zero-order valence-corrected chi connectivity index (χ0v) is 13.3. The largest absolute Gasteiger partial charge is 0.449 e. The van der Waals surface area contributed by atoms with Gasteiger partial charge in [-0.25, -0.2) is 14.1 Å². The van der Waals surface area contributed by atoms with Gasteiger partial charge < -0.3 is 9.47 Å². The van der Waals surface area contributed by atoms with Crippen molar-refractivity contribution in [3.05, 3.63) is 30.1 Å². The Balaban J connectivity index is 2.26. The molecule has 1 fully saturated rings. The molecule has 0 aromatic heterocycles. The number of nitrogens with zero attached hydrogens (tertiary/aromatic N) is 1. The highest BCUT2D eigenvalue weighted by Gasteiger charge is 2.24. The van der Waals surface area contributed by atoms with Gasteiger partial charge in [0.15, 0.2) is 6.10 Å². The molecular weight excluding hydrogens is 301 g/mol. The summed E-state index contributed by atoms with van der Waals surface area (Å²) in [4.78, 5) is 24.4. The molecule has 1 aromatic carbocycles. The number of hydrogen-bond acceptors (Lipinski definition) is 4. The molecule has 0 bridgehead atoms. The van der Waals surface area contributed by atoms with E-state index < -0.39 is 23.6 Å². The number of benzene rings is 1. The highest BCUT2D eigenvalue weighted by molar-refractivity contribution is 5.91. The minimum atomic E-state index is -0.722. The van der Waals surface area contributed by atoms with Crippen LogP contribution in [0.25, 0.3) is 0 Å².